The zero-order chi connectivity index (χ0) is 50.9. The number of H-pyrrole nitrogens is 2. The molecule has 17 heteroatoms. The lowest BCUT2D eigenvalue weighted by Crippen LogP contribution is -2.55. The predicted octanol–water partition coefficient (Wildman–Crippen LogP) is 8.95. The number of rotatable bonds is 9. The molecule has 0 aliphatic carbocycles. The first-order chi connectivity index (χ1) is 34.5. The van der Waals surface area contributed by atoms with E-state index in [-0.39, 0.29) is 72.1 Å². The quantitative estimate of drug-likeness (QED) is 0.110. The summed E-state index contributed by atoms with van der Waals surface area (Å²) in [4.78, 5) is 75.4. The first kappa shape index (κ1) is 48.9. The second-order valence-corrected chi connectivity index (χ2v) is 20.9. The summed E-state index contributed by atoms with van der Waals surface area (Å²) < 4.78 is 28.5. The van der Waals surface area contributed by atoms with Crippen LogP contribution < -0.4 is 15.4 Å². The third-order valence-electron chi connectivity index (χ3n) is 15.9. The summed E-state index contributed by atoms with van der Waals surface area (Å²) in [6.07, 6.45) is 5.31. The molecule has 4 N–H and O–H groups in total. The Morgan fingerprint density at radius 1 is 0.778 bits per heavy atom. The van der Waals surface area contributed by atoms with Crippen LogP contribution in [-0.4, -0.2) is 117 Å². The predicted molar refractivity (Wildman–Crippen MR) is 271 cm³/mol. The molecule has 5 aliphatic heterocycles. The van der Waals surface area contributed by atoms with Crippen molar-refractivity contribution in [3.05, 3.63) is 84.1 Å². The van der Waals surface area contributed by atoms with Gasteiger partial charge in [-0.15, -0.1) is 0 Å². The van der Waals surface area contributed by atoms with Gasteiger partial charge >= 0.3 is 12.2 Å². The molecule has 17 nitrogen and oxygen atoms in total. The van der Waals surface area contributed by atoms with Gasteiger partial charge in [-0.1, -0.05) is 31.7 Å². The van der Waals surface area contributed by atoms with Gasteiger partial charge in [-0.25, -0.2) is 19.6 Å². The number of carbonyl (C=O) groups is 4. The number of nitrogens with zero attached hydrogens (tertiary/aromatic N) is 4. The maximum atomic E-state index is 14.8. The van der Waals surface area contributed by atoms with Gasteiger partial charge in [0.05, 0.1) is 79.3 Å². The van der Waals surface area contributed by atoms with E-state index in [1.54, 1.807) is 11.1 Å². The number of aromatic nitrogens is 4. The summed E-state index contributed by atoms with van der Waals surface area (Å²) >= 11 is 0. The number of fused-ring (bicyclic) bond motifs is 6. The number of hydrogen-bond acceptors (Lipinski definition) is 11. The number of imidazole rings is 2. The van der Waals surface area contributed by atoms with Crippen LogP contribution in [0.25, 0.3) is 49.9 Å². The first-order valence-electron chi connectivity index (χ1n) is 25.3. The molecular formula is C55H66N8O9. The summed E-state index contributed by atoms with van der Waals surface area (Å²) in [5.41, 5.74) is 7.66. The third-order valence-corrected chi connectivity index (χ3v) is 15.9. The number of hydrogen-bond donors (Lipinski definition) is 4. The van der Waals surface area contributed by atoms with E-state index in [2.05, 4.69) is 77.4 Å². The monoisotopic (exact) mass is 982 g/mol. The molecule has 72 heavy (non-hydrogen) atoms. The van der Waals surface area contributed by atoms with Crippen molar-refractivity contribution >= 4 is 51.5 Å². The highest BCUT2D eigenvalue weighted by atomic mass is 16.5. The lowest BCUT2D eigenvalue weighted by atomic mass is 9.85. The Labute approximate surface area is 419 Å². The van der Waals surface area contributed by atoms with Gasteiger partial charge in [0, 0.05) is 17.0 Å². The SMILES string of the molecule is C=C1C=C(c2ncc(-c3ccc4c(c3)COc3cc5c(ccc6[nH]c([C@@H]7C[C@H](C)[C@H](C)N7C(=O)[C@@H](NC(=O)OC)C7C[C@@H](C)O[C@H](C)C7)nc65)cc3-4)[nH]2)N(C(=O)[C@@H](NC(=O)OC)C2C[C@@H](C)O[C@H](C)C2)[C@@H]1C. The lowest BCUT2D eigenvalue weighted by Gasteiger charge is -2.39. The van der Waals surface area contributed by atoms with Crippen LogP contribution in [-0.2, 0) is 35.1 Å². The second-order valence-electron chi connectivity index (χ2n) is 20.9. The van der Waals surface area contributed by atoms with Crippen molar-refractivity contribution in [1.82, 2.24) is 40.4 Å². The van der Waals surface area contributed by atoms with Crippen LogP contribution in [0, 0.1) is 17.8 Å². The largest absolute Gasteiger partial charge is 0.488 e. The molecule has 7 heterocycles. The van der Waals surface area contributed by atoms with E-state index in [1.165, 1.54) is 14.2 Å². The number of amides is 4. The number of alkyl carbamates (subject to hydrolysis) is 2. The van der Waals surface area contributed by atoms with Crippen molar-refractivity contribution < 1.29 is 42.9 Å². The number of ether oxygens (including phenoxy) is 5. The second kappa shape index (κ2) is 19.4. The van der Waals surface area contributed by atoms with E-state index in [4.69, 9.17) is 33.7 Å². The van der Waals surface area contributed by atoms with Crippen LogP contribution in [0.1, 0.15) is 104 Å². The lowest BCUT2D eigenvalue weighted by molar-refractivity contribution is -0.140. The minimum Gasteiger partial charge on any atom is -0.488 e. The summed E-state index contributed by atoms with van der Waals surface area (Å²) in [5, 5.41) is 7.68. The van der Waals surface area contributed by atoms with Gasteiger partial charge in [0.25, 0.3) is 5.91 Å². The molecule has 3 fully saturated rings. The first-order valence-corrected chi connectivity index (χ1v) is 25.3. The minimum absolute atomic E-state index is 0.0474. The van der Waals surface area contributed by atoms with Crippen LogP contribution in [0.15, 0.2) is 66.9 Å². The standard InChI is InChI=1S/C55H66N8O9/c1-26-15-44(62(32(26)7)52(64)47(60-54(66)68-9)36-17-28(3)71-29(4)18-36)50-56-24-43(58-50)35-11-13-39-38(21-35)25-70-46-23-40-34(22-41(39)46)12-14-42-49(40)59-51(57-42)45-16-27(2)33(8)63(45)53(65)48(61-55(67)69-10)37-19-30(5)72-31(6)20-37/h11-15,21-24,27-33,36-37,45,47-48H,1,16-20,25H2,2-10H3,(H,56,58)(H,57,59)(H,60,66)(H,61,67)/t27-,28+,29+,30+,31+,32+,33-,45-,47-,48-/m0/s1. The average molecular weight is 983 g/mol. The zero-order valence-electron chi connectivity index (χ0n) is 42.5. The number of methoxy groups -OCH3 is 2. The minimum atomic E-state index is -0.845. The molecule has 3 saturated heterocycles. The van der Waals surface area contributed by atoms with E-state index in [1.807, 2.05) is 51.7 Å². The molecule has 4 amide bonds. The van der Waals surface area contributed by atoms with Crippen molar-refractivity contribution in [2.45, 2.75) is 142 Å². The normalized spacial score (nSPS) is 27.9. The highest BCUT2D eigenvalue weighted by molar-refractivity contribution is 6.07. The van der Waals surface area contributed by atoms with Gasteiger partial charge in [-0.05, 0) is 149 Å². The Balaban J connectivity index is 0.909. The summed E-state index contributed by atoms with van der Waals surface area (Å²) in [5.74, 6) is 1.45. The molecule has 0 radical (unpaired) electrons. The van der Waals surface area contributed by atoms with E-state index < -0.39 is 24.3 Å². The fraction of sp³-hybridized carbons (Fsp3) is 0.491. The maximum absolute atomic E-state index is 14.8. The molecule has 5 aromatic rings. The zero-order valence-corrected chi connectivity index (χ0v) is 42.5. The fourth-order valence-electron chi connectivity index (χ4n) is 12.2. The Bertz CT molecular complexity index is 2980. The van der Waals surface area contributed by atoms with Crippen molar-refractivity contribution in [2.75, 3.05) is 14.2 Å². The maximum Gasteiger partial charge on any atom is 0.407 e. The Hall–Kier alpha value is -6.72. The Morgan fingerprint density at radius 3 is 2.06 bits per heavy atom. The van der Waals surface area contributed by atoms with Gasteiger partial charge in [0.2, 0.25) is 5.91 Å². The number of aromatic amines is 2. The fourth-order valence-corrected chi connectivity index (χ4v) is 12.2. The highest BCUT2D eigenvalue weighted by Gasteiger charge is 2.47. The molecule has 2 aromatic heterocycles. The number of likely N-dealkylation sites (tertiary alicyclic amines) is 1. The summed E-state index contributed by atoms with van der Waals surface area (Å²) in [7, 11) is 2.61. The smallest absolute Gasteiger partial charge is 0.407 e. The molecule has 0 unspecified atom stereocenters. The van der Waals surface area contributed by atoms with Crippen LogP contribution in [0.4, 0.5) is 9.59 Å². The van der Waals surface area contributed by atoms with Gasteiger partial charge in [0.15, 0.2) is 5.82 Å². The van der Waals surface area contributed by atoms with Crippen molar-refractivity contribution in [1.29, 1.82) is 0 Å². The molecule has 5 aliphatic rings. The molecule has 0 spiro atoms. The molecule has 0 saturated carbocycles. The summed E-state index contributed by atoms with van der Waals surface area (Å²) in [6, 6.07) is 12.2. The third kappa shape index (κ3) is 8.99. The van der Waals surface area contributed by atoms with E-state index in [9.17, 15) is 19.2 Å². The summed E-state index contributed by atoms with van der Waals surface area (Å²) in [6.45, 7) is 18.7. The van der Waals surface area contributed by atoms with Crippen LogP contribution in [0.2, 0.25) is 0 Å². The number of benzene rings is 3. The van der Waals surface area contributed by atoms with Crippen molar-refractivity contribution in [3.63, 3.8) is 0 Å². The Kier molecular flexibility index (Phi) is 13.2. The van der Waals surface area contributed by atoms with Gasteiger partial charge < -0.3 is 49.2 Å². The van der Waals surface area contributed by atoms with Crippen molar-refractivity contribution in [2.24, 2.45) is 17.8 Å². The van der Waals surface area contributed by atoms with Crippen LogP contribution >= 0.6 is 0 Å². The van der Waals surface area contributed by atoms with E-state index in [0.717, 1.165) is 61.1 Å². The van der Waals surface area contributed by atoms with Gasteiger partial charge in [-0.3, -0.25) is 14.5 Å². The molecule has 380 valence electrons. The van der Waals surface area contributed by atoms with Crippen molar-refractivity contribution in [3.8, 4) is 28.1 Å². The molecule has 10 rings (SSSR count). The molecule has 3 aromatic carbocycles. The molecular weight excluding hydrogens is 917 g/mol. The van der Waals surface area contributed by atoms with E-state index >= 15 is 0 Å². The topological polar surface area (TPSA) is 202 Å². The van der Waals surface area contributed by atoms with Gasteiger partial charge in [0.1, 0.15) is 30.3 Å². The van der Waals surface area contributed by atoms with Gasteiger partial charge in [-0.2, -0.15) is 0 Å². The molecule has 10 atom stereocenters. The van der Waals surface area contributed by atoms with Crippen LogP contribution in [0.3, 0.4) is 0 Å². The van der Waals surface area contributed by atoms with Crippen LogP contribution in [0.5, 0.6) is 5.75 Å². The molecule has 0 bridgehead atoms. The number of nitrogens with one attached hydrogen (secondary N) is 4. The Morgan fingerprint density at radius 2 is 1.42 bits per heavy atom. The highest BCUT2D eigenvalue weighted by Crippen LogP contribution is 2.45. The van der Waals surface area contributed by atoms with E-state index in [0.29, 0.717) is 56.1 Å². The number of carbonyl (C=O) groups excluding carboxylic acids is 4. The average Bonchev–Trinajstić information content (AvgIpc) is 4.15.